The quantitative estimate of drug-likeness (QED) is 0.797. The number of hydrogen-bond acceptors (Lipinski definition) is 5. The maximum Gasteiger partial charge on any atom is 0.238 e. The van der Waals surface area contributed by atoms with Crippen molar-refractivity contribution in [1.82, 2.24) is 4.90 Å². The van der Waals surface area contributed by atoms with Crippen LogP contribution in [0.1, 0.15) is 19.3 Å². The molecule has 0 amide bonds. The van der Waals surface area contributed by atoms with E-state index >= 15 is 0 Å². The van der Waals surface area contributed by atoms with Gasteiger partial charge in [-0.1, -0.05) is 0 Å². The Hall–Kier alpha value is -1.31. The van der Waals surface area contributed by atoms with Crippen molar-refractivity contribution >= 4 is 21.4 Å². The van der Waals surface area contributed by atoms with E-state index in [2.05, 4.69) is 9.80 Å². The number of likely N-dealkylation sites (tertiary alicyclic amines) is 1. The average Bonchev–Trinajstić information content (AvgIpc) is 3.08. The third-order valence-electron chi connectivity index (χ3n) is 4.43. The summed E-state index contributed by atoms with van der Waals surface area (Å²) in [6.07, 6.45) is 3.67. The molecular weight excluding hydrogens is 288 g/mol. The Bertz CT molecular complexity index is 626. The number of primary sulfonamides is 1. The fourth-order valence-corrected chi connectivity index (χ4v) is 3.92. The summed E-state index contributed by atoms with van der Waals surface area (Å²) in [7, 11) is -3.72. The standard InChI is InChI=1S/C14H22N4O2S/c15-11-7-13(9-14(8-11)21(16,19)20)18-6-3-12(10-18)17-4-1-2-5-17/h7-9,12H,1-6,10,15H2,(H2,16,19,20). The van der Waals surface area contributed by atoms with Gasteiger partial charge in [0, 0.05) is 30.5 Å². The second kappa shape index (κ2) is 5.47. The van der Waals surface area contributed by atoms with E-state index in [1.807, 2.05) is 6.07 Å². The van der Waals surface area contributed by atoms with E-state index in [1.165, 1.54) is 32.0 Å². The molecule has 6 nitrogen and oxygen atoms in total. The fourth-order valence-electron chi connectivity index (χ4n) is 3.33. The Balaban J connectivity index is 1.80. The molecule has 0 bridgehead atoms. The number of anilines is 2. The van der Waals surface area contributed by atoms with Crippen molar-refractivity contribution in [3.63, 3.8) is 0 Å². The summed E-state index contributed by atoms with van der Waals surface area (Å²) >= 11 is 0. The predicted octanol–water partition coefficient (Wildman–Crippen LogP) is 0.591. The molecule has 4 N–H and O–H groups in total. The largest absolute Gasteiger partial charge is 0.399 e. The van der Waals surface area contributed by atoms with Gasteiger partial charge in [-0.05, 0) is 50.6 Å². The molecule has 2 aliphatic rings. The summed E-state index contributed by atoms with van der Waals surface area (Å²) in [6.45, 7) is 4.21. The SMILES string of the molecule is Nc1cc(N2CCC(N3CCCC3)C2)cc(S(N)(=O)=O)c1. The third kappa shape index (κ3) is 3.14. The lowest BCUT2D eigenvalue weighted by molar-refractivity contribution is 0.260. The lowest BCUT2D eigenvalue weighted by atomic mass is 10.2. The van der Waals surface area contributed by atoms with E-state index in [4.69, 9.17) is 10.9 Å². The van der Waals surface area contributed by atoms with E-state index in [-0.39, 0.29) is 4.90 Å². The van der Waals surface area contributed by atoms with Crippen LogP contribution in [-0.2, 0) is 10.0 Å². The first-order valence-corrected chi connectivity index (χ1v) is 8.90. The highest BCUT2D eigenvalue weighted by atomic mass is 32.2. The molecule has 1 aromatic rings. The van der Waals surface area contributed by atoms with Gasteiger partial charge in [-0.25, -0.2) is 13.6 Å². The molecule has 2 saturated heterocycles. The van der Waals surface area contributed by atoms with E-state index in [1.54, 1.807) is 6.07 Å². The Morgan fingerprint density at radius 1 is 1.10 bits per heavy atom. The number of hydrogen-bond donors (Lipinski definition) is 2. The number of nitrogens with zero attached hydrogens (tertiary/aromatic N) is 2. The van der Waals surface area contributed by atoms with Gasteiger partial charge >= 0.3 is 0 Å². The van der Waals surface area contributed by atoms with Crippen LogP contribution in [0, 0.1) is 0 Å². The number of nitrogen functional groups attached to an aromatic ring is 1. The molecule has 2 aliphatic heterocycles. The van der Waals surface area contributed by atoms with Crippen molar-refractivity contribution < 1.29 is 8.42 Å². The number of sulfonamides is 1. The topological polar surface area (TPSA) is 92.7 Å². The minimum absolute atomic E-state index is 0.0853. The first kappa shape index (κ1) is 14.6. The zero-order valence-corrected chi connectivity index (χ0v) is 12.8. The second-order valence-electron chi connectivity index (χ2n) is 5.94. The van der Waals surface area contributed by atoms with Crippen LogP contribution in [0.4, 0.5) is 11.4 Å². The summed E-state index contributed by atoms with van der Waals surface area (Å²) in [5.74, 6) is 0. The maximum atomic E-state index is 11.5. The number of nitrogens with two attached hydrogens (primary N) is 2. The number of benzene rings is 1. The number of rotatable bonds is 3. The van der Waals surface area contributed by atoms with Crippen LogP contribution in [0.15, 0.2) is 23.1 Å². The van der Waals surface area contributed by atoms with Gasteiger partial charge in [0.15, 0.2) is 0 Å². The predicted molar refractivity (Wildman–Crippen MR) is 83.7 cm³/mol. The molecule has 0 saturated carbocycles. The van der Waals surface area contributed by atoms with Gasteiger partial charge in [-0.15, -0.1) is 0 Å². The monoisotopic (exact) mass is 310 g/mol. The molecule has 0 radical (unpaired) electrons. The Kier molecular flexibility index (Phi) is 3.81. The molecular formula is C14H22N4O2S. The van der Waals surface area contributed by atoms with Gasteiger partial charge < -0.3 is 10.6 Å². The molecule has 116 valence electrons. The van der Waals surface area contributed by atoms with Gasteiger partial charge in [0.25, 0.3) is 0 Å². The summed E-state index contributed by atoms with van der Waals surface area (Å²) in [5.41, 5.74) is 7.10. The highest BCUT2D eigenvalue weighted by Gasteiger charge is 2.29. The van der Waals surface area contributed by atoms with Crippen molar-refractivity contribution in [2.45, 2.75) is 30.2 Å². The Labute approximate surface area is 125 Å². The van der Waals surface area contributed by atoms with Crippen LogP contribution >= 0.6 is 0 Å². The first-order chi connectivity index (χ1) is 9.93. The van der Waals surface area contributed by atoms with Crippen LogP contribution in [-0.4, -0.2) is 45.5 Å². The van der Waals surface area contributed by atoms with E-state index in [0.29, 0.717) is 11.7 Å². The van der Waals surface area contributed by atoms with Crippen LogP contribution in [0.25, 0.3) is 0 Å². The normalized spacial score (nSPS) is 23.9. The Morgan fingerprint density at radius 3 is 2.48 bits per heavy atom. The van der Waals surface area contributed by atoms with Crippen molar-refractivity contribution in [2.24, 2.45) is 5.14 Å². The molecule has 1 unspecified atom stereocenters. The van der Waals surface area contributed by atoms with Crippen molar-refractivity contribution in [1.29, 1.82) is 0 Å². The van der Waals surface area contributed by atoms with E-state index in [9.17, 15) is 8.42 Å². The summed E-state index contributed by atoms with van der Waals surface area (Å²) in [5, 5.41) is 5.21. The molecule has 7 heteroatoms. The molecule has 0 aliphatic carbocycles. The maximum absolute atomic E-state index is 11.5. The van der Waals surface area contributed by atoms with Crippen LogP contribution in [0.5, 0.6) is 0 Å². The highest BCUT2D eigenvalue weighted by molar-refractivity contribution is 7.89. The molecule has 21 heavy (non-hydrogen) atoms. The van der Waals surface area contributed by atoms with Crippen molar-refractivity contribution in [3.05, 3.63) is 18.2 Å². The fraction of sp³-hybridized carbons (Fsp3) is 0.571. The second-order valence-corrected chi connectivity index (χ2v) is 7.50. The Morgan fingerprint density at radius 2 is 1.81 bits per heavy atom. The average molecular weight is 310 g/mol. The van der Waals surface area contributed by atoms with E-state index in [0.717, 1.165) is 25.2 Å². The van der Waals surface area contributed by atoms with E-state index < -0.39 is 10.0 Å². The molecule has 2 fully saturated rings. The molecule has 0 spiro atoms. The molecule has 0 aromatic heterocycles. The summed E-state index contributed by atoms with van der Waals surface area (Å²) in [6, 6.07) is 5.42. The third-order valence-corrected chi connectivity index (χ3v) is 5.32. The van der Waals surface area contributed by atoms with Gasteiger partial charge in [0.05, 0.1) is 4.90 Å². The minimum atomic E-state index is -3.72. The highest BCUT2D eigenvalue weighted by Crippen LogP contribution is 2.28. The van der Waals surface area contributed by atoms with Crippen LogP contribution in [0.2, 0.25) is 0 Å². The summed E-state index contributed by atoms with van der Waals surface area (Å²) in [4.78, 5) is 4.82. The van der Waals surface area contributed by atoms with Crippen molar-refractivity contribution in [2.75, 3.05) is 36.8 Å². The molecule has 1 aromatic carbocycles. The molecule has 2 heterocycles. The van der Waals surface area contributed by atoms with Crippen LogP contribution < -0.4 is 15.8 Å². The van der Waals surface area contributed by atoms with Gasteiger partial charge in [0.2, 0.25) is 10.0 Å². The van der Waals surface area contributed by atoms with Gasteiger partial charge in [-0.2, -0.15) is 0 Å². The first-order valence-electron chi connectivity index (χ1n) is 7.36. The van der Waals surface area contributed by atoms with Gasteiger partial charge in [-0.3, -0.25) is 4.90 Å². The molecule has 1 atom stereocenters. The zero-order valence-electron chi connectivity index (χ0n) is 12.0. The molecule has 3 rings (SSSR count). The lowest BCUT2D eigenvalue weighted by Crippen LogP contribution is -2.35. The minimum Gasteiger partial charge on any atom is -0.399 e. The zero-order chi connectivity index (χ0) is 15.0. The van der Waals surface area contributed by atoms with Gasteiger partial charge in [0.1, 0.15) is 0 Å². The smallest absolute Gasteiger partial charge is 0.238 e. The van der Waals surface area contributed by atoms with Crippen LogP contribution in [0.3, 0.4) is 0 Å². The lowest BCUT2D eigenvalue weighted by Gasteiger charge is -2.24. The van der Waals surface area contributed by atoms with Crippen molar-refractivity contribution in [3.8, 4) is 0 Å². The summed E-state index contributed by atoms with van der Waals surface area (Å²) < 4.78 is 23.0.